The van der Waals surface area contributed by atoms with Gasteiger partial charge in [-0.1, -0.05) is 51.1 Å². The van der Waals surface area contributed by atoms with Crippen molar-refractivity contribution in [1.82, 2.24) is 0 Å². The maximum absolute atomic E-state index is 12.3. The van der Waals surface area contributed by atoms with Crippen LogP contribution in [0.3, 0.4) is 0 Å². The lowest BCUT2D eigenvalue weighted by Gasteiger charge is -2.26. The fourth-order valence-corrected chi connectivity index (χ4v) is 2.45. The van der Waals surface area contributed by atoms with Gasteiger partial charge in [0.05, 0.1) is 6.04 Å². The maximum Gasteiger partial charge on any atom is 0.241 e. The first-order valence-corrected chi connectivity index (χ1v) is 8.57. The zero-order valence-corrected chi connectivity index (χ0v) is 15.7. The molecule has 0 saturated heterocycles. The molecule has 134 valence electrons. The minimum Gasteiger partial charge on any atom is -0.486 e. The van der Waals surface area contributed by atoms with E-state index in [4.69, 9.17) is 10.5 Å². The molecule has 3 N–H and O–H groups in total. The van der Waals surface area contributed by atoms with Gasteiger partial charge in [-0.05, 0) is 48.6 Å². The van der Waals surface area contributed by atoms with E-state index in [9.17, 15) is 4.79 Å². The molecule has 0 fully saturated rings. The molecule has 0 aliphatic carbocycles. The molecule has 1 unspecified atom stereocenters. The van der Waals surface area contributed by atoms with Crippen LogP contribution in [0.4, 0.5) is 5.69 Å². The number of nitrogens with two attached hydrogens (primary N) is 1. The summed E-state index contributed by atoms with van der Waals surface area (Å²) in [5.74, 6) is 0.592. The first-order valence-electron chi connectivity index (χ1n) is 8.57. The van der Waals surface area contributed by atoms with E-state index in [1.165, 1.54) is 0 Å². The molecular formula is C21H28N2O2. The number of hydrogen-bond donors (Lipinski definition) is 2. The molecule has 1 amide bonds. The van der Waals surface area contributed by atoms with E-state index >= 15 is 0 Å². The van der Waals surface area contributed by atoms with Crippen LogP contribution in [0.15, 0.2) is 48.5 Å². The van der Waals surface area contributed by atoms with Crippen molar-refractivity contribution in [3.8, 4) is 5.75 Å². The van der Waals surface area contributed by atoms with E-state index in [2.05, 4.69) is 5.32 Å². The van der Waals surface area contributed by atoms with Crippen LogP contribution in [-0.2, 0) is 4.79 Å². The molecule has 4 heteroatoms. The van der Waals surface area contributed by atoms with Crippen LogP contribution in [-0.4, -0.2) is 11.9 Å². The summed E-state index contributed by atoms with van der Waals surface area (Å²) in [7, 11) is 0. The first-order chi connectivity index (χ1) is 11.7. The van der Waals surface area contributed by atoms with Crippen LogP contribution >= 0.6 is 0 Å². The molecule has 0 saturated carbocycles. The van der Waals surface area contributed by atoms with Gasteiger partial charge in [0.25, 0.3) is 0 Å². The normalized spacial score (nSPS) is 13.8. The van der Waals surface area contributed by atoms with Crippen LogP contribution in [0.2, 0.25) is 0 Å². The number of rotatable bonds is 5. The summed E-state index contributed by atoms with van der Waals surface area (Å²) in [6, 6.07) is 15.1. The van der Waals surface area contributed by atoms with Crippen LogP contribution in [0.25, 0.3) is 0 Å². The van der Waals surface area contributed by atoms with E-state index in [0.717, 1.165) is 22.6 Å². The lowest BCUT2D eigenvalue weighted by molar-refractivity contribution is -0.119. The number of carbonyl (C=O) groups is 1. The summed E-state index contributed by atoms with van der Waals surface area (Å²) in [6.45, 7) is 9.81. The SMILES string of the molecule is Cc1cc(OC(C)c2ccccc2)ccc1NC(=O)[C@@H](N)C(C)(C)C. The number of amides is 1. The Morgan fingerprint density at radius 1 is 1.12 bits per heavy atom. The highest BCUT2D eigenvalue weighted by atomic mass is 16.5. The van der Waals surface area contributed by atoms with Crippen LogP contribution in [0.5, 0.6) is 5.75 Å². The second-order valence-corrected chi connectivity index (χ2v) is 7.48. The molecule has 0 aliphatic heterocycles. The summed E-state index contributed by atoms with van der Waals surface area (Å²) in [6.07, 6.45) is -0.0460. The van der Waals surface area contributed by atoms with Gasteiger partial charge in [-0.2, -0.15) is 0 Å². The largest absolute Gasteiger partial charge is 0.486 e. The fourth-order valence-electron chi connectivity index (χ4n) is 2.45. The van der Waals surface area contributed by atoms with Crippen molar-refractivity contribution in [2.75, 3.05) is 5.32 Å². The molecule has 2 atom stereocenters. The Bertz CT molecular complexity index is 720. The summed E-state index contributed by atoms with van der Waals surface area (Å²) in [5, 5.41) is 2.91. The van der Waals surface area contributed by atoms with Gasteiger partial charge >= 0.3 is 0 Å². The average molecular weight is 340 g/mol. The molecule has 0 aromatic heterocycles. The van der Waals surface area contributed by atoms with Gasteiger partial charge < -0.3 is 15.8 Å². The van der Waals surface area contributed by atoms with Gasteiger partial charge in [0.2, 0.25) is 5.91 Å². The smallest absolute Gasteiger partial charge is 0.241 e. The highest BCUT2D eigenvalue weighted by Crippen LogP contribution is 2.27. The van der Waals surface area contributed by atoms with E-state index < -0.39 is 6.04 Å². The van der Waals surface area contributed by atoms with E-state index in [1.54, 1.807) is 0 Å². The van der Waals surface area contributed by atoms with Crippen LogP contribution in [0, 0.1) is 12.3 Å². The Hall–Kier alpha value is -2.33. The van der Waals surface area contributed by atoms with Crippen molar-refractivity contribution in [3.63, 3.8) is 0 Å². The predicted octanol–water partition coefficient (Wildman–Crippen LogP) is 4.45. The number of anilines is 1. The monoisotopic (exact) mass is 340 g/mol. The van der Waals surface area contributed by atoms with Gasteiger partial charge in [0.1, 0.15) is 11.9 Å². The Morgan fingerprint density at radius 3 is 2.32 bits per heavy atom. The second-order valence-electron chi connectivity index (χ2n) is 7.48. The van der Waals surface area contributed by atoms with Crippen LogP contribution in [0.1, 0.15) is 44.9 Å². The van der Waals surface area contributed by atoms with Crippen LogP contribution < -0.4 is 15.8 Å². The summed E-state index contributed by atoms with van der Waals surface area (Å²) in [4.78, 5) is 12.3. The molecular weight excluding hydrogens is 312 g/mol. The van der Waals surface area contributed by atoms with Crippen molar-refractivity contribution in [2.24, 2.45) is 11.1 Å². The first kappa shape index (κ1) is 19.0. The van der Waals surface area contributed by atoms with Gasteiger partial charge in [-0.3, -0.25) is 4.79 Å². The Morgan fingerprint density at radius 2 is 1.76 bits per heavy atom. The Balaban J connectivity index is 2.07. The standard InChI is InChI=1S/C21H28N2O2/c1-14-13-17(25-15(2)16-9-7-6-8-10-16)11-12-18(14)23-20(24)19(22)21(3,4)5/h6-13,15,19H,22H2,1-5H3,(H,23,24)/t15?,19-/m1/s1. The van der Waals surface area contributed by atoms with E-state index in [-0.39, 0.29) is 17.4 Å². The Labute approximate surface area is 150 Å². The summed E-state index contributed by atoms with van der Waals surface area (Å²) < 4.78 is 6.01. The number of aryl methyl sites for hydroxylation is 1. The van der Waals surface area contributed by atoms with Crippen molar-refractivity contribution < 1.29 is 9.53 Å². The van der Waals surface area contributed by atoms with Crippen molar-refractivity contribution in [3.05, 3.63) is 59.7 Å². The molecule has 2 rings (SSSR count). The number of nitrogens with one attached hydrogen (secondary N) is 1. The minimum atomic E-state index is -0.569. The molecule has 2 aromatic carbocycles. The number of ether oxygens (including phenoxy) is 1. The third-order valence-electron chi connectivity index (χ3n) is 4.25. The minimum absolute atomic E-state index is 0.0460. The van der Waals surface area contributed by atoms with Crippen molar-refractivity contribution in [1.29, 1.82) is 0 Å². The average Bonchev–Trinajstić information content (AvgIpc) is 2.56. The highest BCUT2D eigenvalue weighted by molar-refractivity contribution is 5.95. The molecule has 0 bridgehead atoms. The lowest BCUT2D eigenvalue weighted by atomic mass is 9.87. The molecule has 0 radical (unpaired) electrons. The zero-order valence-electron chi connectivity index (χ0n) is 15.7. The molecule has 2 aromatic rings. The molecule has 0 aliphatic rings. The topological polar surface area (TPSA) is 64.3 Å². The van der Waals surface area contributed by atoms with E-state index in [1.807, 2.05) is 83.1 Å². The van der Waals surface area contributed by atoms with Crippen molar-refractivity contribution >= 4 is 11.6 Å². The Kier molecular flexibility index (Phi) is 5.85. The van der Waals surface area contributed by atoms with Gasteiger partial charge in [0, 0.05) is 5.69 Å². The maximum atomic E-state index is 12.3. The second kappa shape index (κ2) is 7.70. The molecule has 0 spiro atoms. The summed E-state index contributed by atoms with van der Waals surface area (Å²) in [5.41, 5.74) is 8.54. The highest BCUT2D eigenvalue weighted by Gasteiger charge is 2.27. The predicted molar refractivity (Wildman–Crippen MR) is 103 cm³/mol. The third kappa shape index (κ3) is 5.07. The zero-order chi connectivity index (χ0) is 18.6. The lowest BCUT2D eigenvalue weighted by Crippen LogP contribution is -2.45. The van der Waals surface area contributed by atoms with Crippen molar-refractivity contribution in [2.45, 2.75) is 46.8 Å². The molecule has 0 heterocycles. The molecule has 4 nitrogen and oxygen atoms in total. The fraction of sp³-hybridized carbons (Fsp3) is 0.381. The number of benzene rings is 2. The number of carbonyl (C=O) groups excluding carboxylic acids is 1. The van der Waals surface area contributed by atoms with Gasteiger partial charge in [-0.25, -0.2) is 0 Å². The molecule has 25 heavy (non-hydrogen) atoms. The quantitative estimate of drug-likeness (QED) is 0.845. The van der Waals surface area contributed by atoms with Gasteiger partial charge in [0.15, 0.2) is 0 Å². The van der Waals surface area contributed by atoms with E-state index in [0.29, 0.717) is 0 Å². The van der Waals surface area contributed by atoms with Gasteiger partial charge in [-0.15, -0.1) is 0 Å². The summed E-state index contributed by atoms with van der Waals surface area (Å²) >= 11 is 0. The number of hydrogen-bond acceptors (Lipinski definition) is 3. The third-order valence-corrected chi connectivity index (χ3v) is 4.25.